The second kappa shape index (κ2) is 2.94. The molecule has 1 fully saturated rings. The van der Waals surface area contributed by atoms with Crippen molar-refractivity contribution >= 4 is 5.78 Å². The van der Waals surface area contributed by atoms with E-state index in [1.807, 2.05) is 6.92 Å². The van der Waals surface area contributed by atoms with Gasteiger partial charge in [-0.15, -0.1) is 0 Å². The van der Waals surface area contributed by atoms with Crippen molar-refractivity contribution in [3.63, 3.8) is 0 Å². The fourth-order valence-electron chi connectivity index (χ4n) is 1.28. The maximum absolute atomic E-state index is 11.1. The average Bonchev–Trinajstić information content (AvgIpc) is 1.95. The van der Waals surface area contributed by atoms with Crippen LogP contribution in [0.4, 0.5) is 0 Å². The van der Waals surface area contributed by atoms with Gasteiger partial charge in [0.05, 0.1) is 6.61 Å². The van der Waals surface area contributed by atoms with E-state index in [9.17, 15) is 4.79 Å². The van der Waals surface area contributed by atoms with Crippen LogP contribution < -0.4 is 0 Å². The van der Waals surface area contributed by atoms with Crippen molar-refractivity contribution in [2.45, 2.75) is 39.2 Å². The Hall–Kier alpha value is -0.370. The molecule has 0 bridgehead atoms. The summed E-state index contributed by atoms with van der Waals surface area (Å²) in [7, 11) is 0. The first-order valence-corrected chi connectivity index (χ1v) is 4.19. The van der Waals surface area contributed by atoms with Gasteiger partial charge in [0.15, 0.2) is 5.78 Å². The summed E-state index contributed by atoms with van der Waals surface area (Å²) < 4.78 is 5.49. The highest BCUT2D eigenvalue weighted by atomic mass is 16.5. The summed E-state index contributed by atoms with van der Waals surface area (Å²) in [5.74, 6) is 0.770. The fraction of sp³-hybridized carbons (Fsp3) is 0.889. The second-order valence-corrected chi connectivity index (χ2v) is 3.74. The maximum Gasteiger partial charge on any atom is 0.161 e. The molecular weight excluding hydrogens is 140 g/mol. The van der Waals surface area contributed by atoms with Gasteiger partial charge in [0.1, 0.15) is 5.60 Å². The summed E-state index contributed by atoms with van der Waals surface area (Å²) >= 11 is 0. The number of ether oxygens (including phenoxy) is 1. The van der Waals surface area contributed by atoms with Crippen molar-refractivity contribution in [2.24, 2.45) is 5.92 Å². The van der Waals surface area contributed by atoms with Gasteiger partial charge in [0, 0.05) is 0 Å². The monoisotopic (exact) mass is 156 g/mol. The first-order valence-electron chi connectivity index (χ1n) is 4.19. The predicted molar refractivity (Wildman–Crippen MR) is 43.4 cm³/mol. The van der Waals surface area contributed by atoms with Crippen LogP contribution in [0.2, 0.25) is 0 Å². The number of Topliss-reactive ketones (excluding diaryl/α,β-unsaturated/α-hetero) is 1. The largest absolute Gasteiger partial charge is 0.367 e. The molecule has 1 aliphatic heterocycles. The number of hydrogen-bond acceptors (Lipinski definition) is 2. The van der Waals surface area contributed by atoms with Gasteiger partial charge in [-0.3, -0.25) is 4.79 Å². The van der Waals surface area contributed by atoms with Crippen molar-refractivity contribution in [1.82, 2.24) is 0 Å². The average molecular weight is 156 g/mol. The van der Waals surface area contributed by atoms with Crippen LogP contribution in [0.5, 0.6) is 0 Å². The molecule has 0 spiro atoms. The fourth-order valence-corrected chi connectivity index (χ4v) is 1.28. The maximum atomic E-state index is 11.1. The van der Waals surface area contributed by atoms with Gasteiger partial charge in [-0.05, 0) is 32.6 Å². The van der Waals surface area contributed by atoms with Crippen LogP contribution >= 0.6 is 0 Å². The molecule has 2 nitrogen and oxygen atoms in total. The molecule has 1 saturated heterocycles. The number of hydrogen-bond donors (Lipinski definition) is 0. The smallest absolute Gasteiger partial charge is 0.161 e. The Morgan fingerprint density at radius 3 is 2.64 bits per heavy atom. The van der Waals surface area contributed by atoms with E-state index >= 15 is 0 Å². The van der Waals surface area contributed by atoms with Crippen LogP contribution in [0.1, 0.15) is 33.6 Å². The molecule has 1 rings (SSSR count). The Kier molecular flexibility index (Phi) is 2.33. The summed E-state index contributed by atoms with van der Waals surface area (Å²) in [5.41, 5.74) is -0.480. The molecule has 0 N–H and O–H groups in total. The summed E-state index contributed by atoms with van der Waals surface area (Å²) in [6, 6.07) is 0. The van der Waals surface area contributed by atoms with E-state index in [4.69, 9.17) is 4.74 Å². The van der Waals surface area contributed by atoms with Crippen LogP contribution in [0.3, 0.4) is 0 Å². The minimum Gasteiger partial charge on any atom is -0.367 e. The number of rotatable bonds is 1. The molecule has 2 atom stereocenters. The van der Waals surface area contributed by atoms with Crippen molar-refractivity contribution in [1.29, 1.82) is 0 Å². The minimum atomic E-state index is -0.480. The molecule has 0 amide bonds. The number of ketones is 1. The molecule has 0 radical (unpaired) electrons. The van der Waals surface area contributed by atoms with Crippen LogP contribution in [0.25, 0.3) is 0 Å². The van der Waals surface area contributed by atoms with Gasteiger partial charge in [0.2, 0.25) is 0 Å². The second-order valence-electron chi connectivity index (χ2n) is 3.74. The first kappa shape index (κ1) is 8.72. The molecule has 11 heavy (non-hydrogen) atoms. The van der Waals surface area contributed by atoms with Gasteiger partial charge >= 0.3 is 0 Å². The highest BCUT2D eigenvalue weighted by Gasteiger charge is 2.34. The summed E-state index contributed by atoms with van der Waals surface area (Å²) in [6.45, 7) is 6.38. The van der Waals surface area contributed by atoms with Gasteiger partial charge < -0.3 is 4.74 Å². The number of carbonyl (C=O) groups is 1. The molecule has 0 aromatic heterocycles. The summed E-state index contributed by atoms with van der Waals surface area (Å²) in [4.78, 5) is 11.1. The Morgan fingerprint density at radius 1 is 1.64 bits per heavy atom. The summed E-state index contributed by atoms with van der Waals surface area (Å²) in [5, 5.41) is 0. The summed E-state index contributed by atoms with van der Waals surface area (Å²) in [6.07, 6.45) is 1.99. The lowest BCUT2D eigenvalue weighted by molar-refractivity contribution is -0.149. The van der Waals surface area contributed by atoms with Gasteiger partial charge in [-0.2, -0.15) is 0 Å². The minimum absolute atomic E-state index is 0.157. The van der Waals surface area contributed by atoms with Crippen molar-refractivity contribution in [2.75, 3.05) is 6.61 Å². The van der Waals surface area contributed by atoms with Crippen LogP contribution in [-0.4, -0.2) is 18.0 Å². The van der Waals surface area contributed by atoms with Gasteiger partial charge in [-0.1, -0.05) is 6.92 Å². The third-order valence-electron chi connectivity index (χ3n) is 2.55. The molecule has 0 aromatic carbocycles. The molecule has 2 heteroatoms. The highest BCUT2D eigenvalue weighted by molar-refractivity contribution is 5.84. The van der Waals surface area contributed by atoms with E-state index in [2.05, 4.69) is 6.92 Å². The van der Waals surface area contributed by atoms with E-state index in [0.717, 1.165) is 19.4 Å². The predicted octanol–water partition coefficient (Wildman–Crippen LogP) is 1.78. The topological polar surface area (TPSA) is 26.3 Å². The molecule has 1 aliphatic rings. The molecular formula is C9H16O2. The highest BCUT2D eigenvalue weighted by Crippen LogP contribution is 2.27. The Balaban J connectivity index is 2.55. The van der Waals surface area contributed by atoms with Gasteiger partial charge in [-0.25, -0.2) is 0 Å². The lowest BCUT2D eigenvalue weighted by atomic mass is 9.88. The van der Waals surface area contributed by atoms with E-state index in [0.29, 0.717) is 5.92 Å². The van der Waals surface area contributed by atoms with Crippen LogP contribution in [-0.2, 0) is 9.53 Å². The Bertz CT molecular complexity index is 155. The number of carbonyl (C=O) groups excluding carboxylic acids is 1. The lowest BCUT2D eigenvalue weighted by Crippen LogP contribution is -2.41. The Labute approximate surface area is 67.9 Å². The molecule has 64 valence electrons. The standard InChI is InChI=1S/C9H16O2/c1-7-4-5-9(3,8(2)10)11-6-7/h7H,4-6H2,1-3H3. The molecule has 1 heterocycles. The van der Waals surface area contributed by atoms with Crippen molar-refractivity contribution in [3.8, 4) is 0 Å². The zero-order valence-electron chi connectivity index (χ0n) is 7.52. The van der Waals surface area contributed by atoms with E-state index in [1.165, 1.54) is 0 Å². The third kappa shape index (κ3) is 1.80. The van der Waals surface area contributed by atoms with Gasteiger partial charge in [0.25, 0.3) is 0 Å². The lowest BCUT2D eigenvalue weighted by Gasteiger charge is -2.34. The SMILES string of the molecule is CC(=O)C1(C)CCC(C)CO1. The van der Waals surface area contributed by atoms with Crippen molar-refractivity contribution < 1.29 is 9.53 Å². The van der Waals surface area contributed by atoms with Crippen LogP contribution in [0.15, 0.2) is 0 Å². The third-order valence-corrected chi connectivity index (χ3v) is 2.55. The van der Waals surface area contributed by atoms with Crippen molar-refractivity contribution in [3.05, 3.63) is 0 Å². The van der Waals surface area contributed by atoms with E-state index in [-0.39, 0.29) is 5.78 Å². The zero-order valence-corrected chi connectivity index (χ0v) is 7.52. The quantitative estimate of drug-likeness (QED) is 0.578. The zero-order chi connectivity index (χ0) is 8.48. The van der Waals surface area contributed by atoms with Crippen LogP contribution in [0, 0.1) is 5.92 Å². The normalized spacial score (nSPS) is 38.6. The molecule has 0 saturated carbocycles. The van der Waals surface area contributed by atoms with E-state index in [1.54, 1.807) is 6.92 Å². The first-order chi connectivity index (χ1) is 5.04. The molecule has 2 unspecified atom stereocenters. The van der Waals surface area contributed by atoms with E-state index < -0.39 is 5.60 Å². The Morgan fingerprint density at radius 2 is 2.27 bits per heavy atom. The molecule has 0 aromatic rings. The molecule has 0 aliphatic carbocycles.